The highest BCUT2D eigenvalue weighted by Crippen LogP contribution is 2.30. The van der Waals surface area contributed by atoms with Gasteiger partial charge in [-0.1, -0.05) is 13.3 Å². The van der Waals surface area contributed by atoms with Gasteiger partial charge in [-0.05, 0) is 50.4 Å². The maximum absolute atomic E-state index is 14.0. The number of likely N-dealkylation sites (N-methyl/N-ethyl adjacent to an activating group) is 1. The molecule has 1 amide bonds. The van der Waals surface area contributed by atoms with E-state index in [-0.39, 0.29) is 66.9 Å². The van der Waals surface area contributed by atoms with Crippen molar-refractivity contribution >= 4 is 48.8 Å². The lowest BCUT2D eigenvalue weighted by Gasteiger charge is -2.37. The monoisotopic (exact) mass is 484 g/mol. The molecule has 2 fully saturated rings. The zero-order valence-electron chi connectivity index (χ0n) is 17.8. The average Bonchev–Trinajstić information content (AvgIpc) is 3.06. The van der Waals surface area contributed by atoms with Gasteiger partial charge in [-0.2, -0.15) is 0 Å². The first-order valence-corrected chi connectivity index (χ1v) is 10.3. The molecule has 3 N–H and O–H groups in total. The van der Waals surface area contributed by atoms with Crippen LogP contribution in [0.4, 0.5) is 10.1 Å². The van der Waals surface area contributed by atoms with Gasteiger partial charge in [0.2, 0.25) is 5.91 Å². The van der Waals surface area contributed by atoms with Crippen LogP contribution in [0, 0.1) is 11.7 Å². The predicted molar refractivity (Wildman–Crippen MR) is 129 cm³/mol. The molecule has 0 radical (unpaired) electrons. The summed E-state index contributed by atoms with van der Waals surface area (Å²) < 4.78 is 14.0. The van der Waals surface area contributed by atoms with E-state index in [1.54, 1.807) is 6.07 Å². The molecule has 1 aromatic rings. The number of nitrogens with zero attached hydrogens (tertiary/aromatic N) is 2. The lowest BCUT2D eigenvalue weighted by atomic mass is 9.99. The molecule has 30 heavy (non-hydrogen) atoms. The number of anilines is 1. The molecule has 1 aliphatic carbocycles. The van der Waals surface area contributed by atoms with E-state index >= 15 is 0 Å². The van der Waals surface area contributed by atoms with Crippen LogP contribution in [0.5, 0.6) is 0 Å². The summed E-state index contributed by atoms with van der Waals surface area (Å²) in [7, 11) is 0. The third-order valence-electron chi connectivity index (χ3n) is 6.16. The average molecular weight is 486 g/mol. The molecule has 3 atom stereocenters. The fraction of sp³-hybridized carbons (Fsp3) is 0.667. The van der Waals surface area contributed by atoms with Gasteiger partial charge in [-0.25, -0.2) is 4.39 Å². The van der Waals surface area contributed by atoms with Gasteiger partial charge < -0.3 is 20.9 Å². The number of hydrogen-bond donors (Lipinski definition) is 2. The highest BCUT2D eigenvalue weighted by Gasteiger charge is 2.27. The minimum atomic E-state index is -0.264. The minimum Gasteiger partial charge on any atom is -0.369 e. The van der Waals surface area contributed by atoms with Crippen molar-refractivity contribution in [1.29, 1.82) is 0 Å². The van der Waals surface area contributed by atoms with Crippen LogP contribution >= 0.6 is 37.2 Å². The first-order valence-electron chi connectivity index (χ1n) is 10.3. The number of nitrogens with two attached hydrogens (primary N) is 1. The zero-order chi connectivity index (χ0) is 19.4. The van der Waals surface area contributed by atoms with E-state index in [4.69, 9.17) is 5.73 Å². The molecule has 3 rings (SSSR count). The molecule has 1 aliphatic heterocycles. The summed E-state index contributed by atoms with van der Waals surface area (Å²) in [5.41, 5.74) is 7.97. The fourth-order valence-electron chi connectivity index (χ4n) is 4.40. The molecule has 1 saturated carbocycles. The summed E-state index contributed by atoms with van der Waals surface area (Å²) in [6.07, 6.45) is 3.60. The van der Waals surface area contributed by atoms with Crippen molar-refractivity contribution in [2.24, 2.45) is 11.7 Å². The molecule has 2 aliphatic rings. The van der Waals surface area contributed by atoms with Crippen LogP contribution in [0.3, 0.4) is 0 Å². The number of hydrogen-bond acceptors (Lipinski definition) is 4. The molecule has 174 valence electrons. The Hall–Kier alpha value is -0.790. The van der Waals surface area contributed by atoms with E-state index in [2.05, 4.69) is 22.0 Å². The summed E-state index contributed by atoms with van der Waals surface area (Å²) in [6, 6.07) is 4.82. The number of carbonyl (C=O) groups is 1. The molecule has 0 spiro atoms. The van der Waals surface area contributed by atoms with Crippen LogP contribution in [0.15, 0.2) is 18.2 Å². The van der Waals surface area contributed by atoms with Crippen molar-refractivity contribution in [3.05, 3.63) is 29.6 Å². The minimum absolute atomic E-state index is 0. The number of piperazine rings is 1. The first-order chi connectivity index (χ1) is 13.0. The van der Waals surface area contributed by atoms with Crippen LogP contribution in [-0.4, -0.2) is 49.6 Å². The molecule has 1 heterocycles. The van der Waals surface area contributed by atoms with Gasteiger partial charge in [0.15, 0.2) is 0 Å². The van der Waals surface area contributed by atoms with Gasteiger partial charge in [0.05, 0.1) is 6.04 Å². The smallest absolute Gasteiger partial charge is 0.220 e. The Morgan fingerprint density at radius 1 is 1.20 bits per heavy atom. The van der Waals surface area contributed by atoms with Gasteiger partial charge in [0.1, 0.15) is 5.82 Å². The van der Waals surface area contributed by atoms with E-state index in [1.165, 1.54) is 6.07 Å². The number of amides is 1. The third kappa shape index (κ3) is 7.41. The second kappa shape index (κ2) is 13.6. The van der Waals surface area contributed by atoms with Gasteiger partial charge in [-0.3, -0.25) is 4.79 Å². The highest BCUT2D eigenvalue weighted by atomic mass is 35.5. The molecule has 9 heteroatoms. The Kier molecular flexibility index (Phi) is 13.2. The molecular weight excluding hydrogens is 450 g/mol. The van der Waals surface area contributed by atoms with Crippen LogP contribution in [0.2, 0.25) is 0 Å². The Balaban J connectivity index is 0.00000280. The molecule has 0 bridgehead atoms. The number of rotatable bonds is 6. The summed E-state index contributed by atoms with van der Waals surface area (Å²) >= 11 is 0. The molecule has 5 nitrogen and oxygen atoms in total. The summed E-state index contributed by atoms with van der Waals surface area (Å²) in [6.45, 7) is 9.02. The van der Waals surface area contributed by atoms with Crippen molar-refractivity contribution in [3.63, 3.8) is 0 Å². The largest absolute Gasteiger partial charge is 0.369 e. The van der Waals surface area contributed by atoms with Crippen molar-refractivity contribution in [2.75, 3.05) is 37.6 Å². The highest BCUT2D eigenvalue weighted by molar-refractivity contribution is 5.86. The summed E-state index contributed by atoms with van der Waals surface area (Å²) in [4.78, 5) is 17.2. The number of benzene rings is 1. The molecule has 1 unspecified atom stereocenters. The lowest BCUT2D eigenvalue weighted by Crippen LogP contribution is -2.46. The fourth-order valence-corrected chi connectivity index (χ4v) is 4.40. The van der Waals surface area contributed by atoms with E-state index in [0.717, 1.165) is 63.2 Å². The Morgan fingerprint density at radius 2 is 1.87 bits per heavy atom. The molecular formula is C21H36Cl3FN4O. The van der Waals surface area contributed by atoms with Gasteiger partial charge in [0, 0.05) is 49.9 Å². The number of nitrogens with one attached hydrogen (secondary N) is 1. The molecule has 1 aromatic carbocycles. The normalized spacial score (nSPS) is 22.3. The van der Waals surface area contributed by atoms with E-state index in [1.807, 2.05) is 13.0 Å². The SMILES string of the molecule is CCN1CCN(c2ccc(F)cc2C(C)NC(=O)C[C@@H]2CCC[C@H]2N)CC1.Cl.Cl.Cl. The summed E-state index contributed by atoms with van der Waals surface area (Å²) in [5.74, 6) is 0.0158. The van der Waals surface area contributed by atoms with Crippen LogP contribution in [0.1, 0.15) is 51.1 Å². The topological polar surface area (TPSA) is 61.6 Å². The molecule has 1 saturated heterocycles. The number of halogens is 4. The van der Waals surface area contributed by atoms with Crippen LogP contribution in [-0.2, 0) is 4.79 Å². The van der Waals surface area contributed by atoms with Gasteiger partial charge >= 0.3 is 0 Å². The van der Waals surface area contributed by atoms with E-state index < -0.39 is 0 Å². The Bertz CT molecular complexity index is 659. The van der Waals surface area contributed by atoms with Gasteiger partial charge in [-0.15, -0.1) is 37.2 Å². The van der Waals surface area contributed by atoms with Gasteiger partial charge in [0.25, 0.3) is 0 Å². The summed E-state index contributed by atoms with van der Waals surface area (Å²) in [5, 5.41) is 3.07. The Labute approximate surface area is 198 Å². The second-order valence-corrected chi connectivity index (χ2v) is 7.97. The molecule has 0 aromatic heterocycles. The lowest BCUT2D eigenvalue weighted by molar-refractivity contribution is -0.122. The van der Waals surface area contributed by atoms with Crippen molar-refractivity contribution in [3.8, 4) is 0 Å². The second-order valence-electron chi connectivity index (χ2n) is 7.97. The number of carbonyl (C=O) groups excluding carboxylic acids is 1. The van der Waals surface area contributed by atoms with Crippen molar-refractivity contribution < 1.29 is 9.18 Å². The van der Waals surface area contributed by atoms with Crippen molar-refractivity contribution in [1.82, 2.24) is 10.2 Å². The van der Waals surface area contributed by atoms with Crippen LogP contribution in [0.25, 0.3) is 0 Å². The van der Waals surface area contributed by atoms with Crippen LogP contribution < -0.4 is 16.0 Å². The first kappa shape index (κ1) is 29.2. The van der Waals surface area contributed by atoms with E-state index in [9.17, 15) is 9.18 Å². The Morgan fingerprint density at radius 3 is 2.43 bits per heavy atom. The maximum Gasteiger partial charge on any atom is 0.220 e. The third-order valence-corrected chi connectivity index (χ3v) is 6.16. The quantitative estimate of drug-likeness (QED) is 0.641. The predicted octanol–water partition coefficient (Wildman–Crippen LogP) is 3.93. The van der Waals surface area contributed by atoms with Crippen molar-refractivity contribution in [2.45, 2.75) is 51.6 Å². The van der Waals surface area contributed by atoms with E-state index in [0.29, 0.717) is 6.42 Å². The standard InChI is InChI=1S/C21H33FN4O.3ClH/c1-3-25-9-11-26(12-10-25)20-8-7-17(22)14-18(20)15(2)24-21(27)13-16-5-4-6-19(16)23;;;/h7-8,14-16,19H,3-6,9-13,23H2,1-2H3,(H,24,27);3*1H/t15?,16-,19+;;;/m0.../s1. The maximum atomic E-state index is 14.0. The zero-order valence-corrected chi connectivity index (χ0v) is 20.3.